The van der Waals surface area contributed by atoms with Gasteiger partial charge in [-0.2, -0.15) is 0 Å². The molecular formula is C40H56N8O8. The number of amides is 5. The van der Waals surface area contributed by atoms with E-state index >= 15 is 0 Å². The quantitative estimate of drug-likeness (QED) is 0.0741. The summed E-state index contributed by atoms with van der Waals surface area (Å²) < 4.78 is 5.23. The fraction of sp³-hybridized carbons (Fsp3) is 0.525. The van der Waals surface area contributed by atoms with Gasteiger partial charge in [0.1, 0.15) is 36.3 Å². The minimum absolute atomic E-state index is 0.0307. The maximum Gasteiger partial charge on any atom is 0.408 e. The standard InChI is InChI=1S/C40H56N8O8/c1-40(2,3)56-39(55)44-23-32(49)47-33(26-15-8-5-9-16-26)35(51)45-29(19-12-20-43-38(41)42)36(52)48-24-28-18-11-10-17-27(28)22-31(48)34(50)46-30(37(53)54)21-25-13-6-4-7-14-25/h4,6-7,10-11,13-14,17-18,26,29-31,33H,5,8-9,12,15-16,19-24H2,1-3H3,(H,44,55)(H,45,51)(H,46,50)(H,47,49)(H,53,54)(H4,41,42,43)/t29-,30-,31-,33?/m0/s1. The first-order valence-electron chi connectivity index (χ1n) is 19.2. The average Bonchev–Trinajstić information content (AvgIpc) is 3.16. The Morgan fingerprint density at radius 1 is 0.893 bits per heavy atom. The molecule has 1 aliphatic heterocycles. The van der Waals surface area contributed by atoms with Gasteiger partial charge in [-0.1, -0.05) is 73.9 Å². The van der Waals surface area contributed by atoms with E-state index in [9.17, 15) is 33.9 Å². The number of hydrogen-bond acceptors (Lipinski definition) is 8. The molecule has 304 valence electrons. The topological polar surface area (TPSA) is 248 Å². The van der Waals surface area contributed by atoms with Gasteiger partial charge in [0.25, 0.3) is 0 Å². The molecular weight excluding hydrogens is 720 g/mol. The van der Waals surface area contributed by atoms with Crippen molar-refractivity contribution < 1.29 is 38.6 Å². The molecule has 16 nitrogen and oxygen atoms in total. The monoisotopic (exact) mass is 776 g/mol. The zero-order valence-electron chi connectivity index (χ0n) is 32.4. The Kier molecular flexibility index (Phi) is 15.6. The van der Waals surface area contributed by atoms with Gasteiger partial charge < -0.3 is 47.5 Å². The van der Waals surface area contributed by atoms with Crippen molar-refractivity contribution in [3.63, 3.8) is 0 Å². The van der Waals surface area contributed by atoms with Crippen LogP contribution in [0.3, 0.4) is 0 Å². The van der Waals surface area contributed by atoms with Crippen molar-refractivity contribution in [3.05, 3.63) is 71.3 Å². The summed E-state index contributed by atoms with van der Waals surface area (Å²) in [5.74, 6) is -3.99. The van der Waals surface area contributed by atoms with Gasteiger partial charge in [0.05, 0.1) is 0 Å². The van der Waals surface area contributed by atoms with Crippen molar-refractivity contribution in [1.82, 2.24) is 26.2 Å². The van der Waals surface area contributed by atoms with Gasteiger partial charge in [-0.15, -0.1) is 0 Å². The number of nitrogens with one attached hydrogen (secondary N) is 4. The van der Waals surface area contributed by atoms with Crippen molar-refractivity contribution in [2.24, 2.45) is 22.4 Å². The number of carboxylic acids is 1. The van der Waals surface area contributed by atoms with Crippen LogP contribution in [0.15, 0.2) is 59.6 Å². The van der Waals surface area contributed by atoms with E-state index in [4.69, 9.17) is 16.2 Å². The number of carbonyl (C=O) groups is 6. The number of nitrogens with two attached hydrogens (primary N) is 2. The molecule has 1 aliphatic carbocycles. The molecule has 1 fully saturated rings. The van der Waals surface area contributed by atoms with E-state index in [-0.39, 0.29) is 50.7 Å². The number of fused-ring (bicyclic) bond motifs is 1. The number of aliphatic carboxylic acids is 1. The van der Waals surface area contributed by atoms with E-state index in [1.165, 1.54) is 4.90 Å². The molecule has 56 heavy (non-hydrogen) atoms. The van der Waals surface area contributed by atoms with Gasteiger partial charge >= 0.3 is 12.1 Å². The third-order valence-electron chi connectivity index (χ3n) is 9.80. The molecule has 4 atom stereocenters. The lowest BCUT2D eigenvalue weighted by atomic mass is 9.83. The van der Waals surface area contributed by atoms with E-state index in [1.807, 2.05) is 30.3 Å². The van der Waals surface area contributed by atoms with E-state index in [1.54, 1.807) is 45.0 Å². The first kappa shape index (κ1) is 43.1. The Bertz CT molecular complexity index is 1720. The SMILES string of the molecule is CC(C)(C)OC(=O)NCC(=O)NC(C(=O)N[C@@H](CCCN=C(N)N)C(=O)N1Cc2ccccc2C[C@H]1C(=O)N[C@@H](Cc1ccccc1)C(=O)O)C1CCCCC1. The molecule has 16 heteroatoms. The molecule has 0 saturated heterocycles. The molecule has 1 heterocycles. The summed E-state index contributed by atoms with van der Waals surface area (Å²) >= 11 is 0. The highest BCUT2D eigenvalue weighted by molar-refractivity contribution is 5.96. The second-order valence-electron chi connectivity index (χ2n) is 15.4. The number of carbonyl (C=O) groups excluding carboxylic acids is 5. The van der Waals surface area contributed by atoms with Gasteiger partial charge in [0.15, 0.2) is 5.96 Å². The maximum atomic E-state index is 14.7. The smallest absolute Gasteiger partial charge is 0.408 e. The largest absolute Gasteiger partial charge is 0.480 e. The van der Waals surface area contributed by atoms with Crippen LogP contribution in [0.25, 0.3) is 0 Å². The number of carboxylic acid groups (broad SMARTS) is 1. The van der Waals surface area contributed by atoms with E-state index < -0.39 is 72.0 Å². The number of alkyl carbamates (subject to hydrolysis) is 1. The highest BCUT2D eigenvalue weighted by Crippen LogP contribution is 2.28. The van der Waals surface area contributed by atoms with Crippen molar-refractivity contribution in [2.45, 2.75) is 115 Å². The van der Waals surface area contributed by atoms with Crippen LogP contribution in [-0.4, -0.2) is 94.5 Å². The molecule has 5 amide bonds. The van der Waals surface area contributed by atoms with Gasteiger partial charge in [-0.05, 0) is 69.1 Å². The molecule has 1 unspecified atom stereocenters. The van der Waals surface area contributed by atoms with Crippen molar-refractivity contribution >= 4 is 41.7 Å². The minimum atomic E-state index is -1.27. The average molecular weight is 777 g/mol. The summed E-state index contributed by atoms with van der Waals surface area (Å²) in [6.07, 6.45) is 3.77. The van der Waals surface area contributed by atoms with Crippen molar-refractivity contribution in [1.29, 1.82) is 0 Å². The summed E-state index contributed by atoms with van der Waals surface area (Å²) in [4.78, 5) is 86.1. The van der Waals surface area contributed by atoms with Crippen LogP contribution in [0, 0.1) is 5.92 Å². The summed E-state index contributed by atoms with van der Waals surface area (Å²) in [5.41, 5.74) is 12.7. The van der Waals surface area contributed by atoms with Crippen LogP contribution in [0.1, 0.15) is 82.4 Å². The lowest BCUT2D eigenvalue weighted by Crippen LogP contribution is -2.61. The van der Waals surface area contributed by atoms with Crippen LogP contribution in [-0.2, 0) is 48.1 Å². The van der Waals surface area contributed by atoms with Crippen LogP contribution >= 0.6 is 0 Å². The van der Waals surface area contributed by atoms with Gasteiger partial charge in [-0.3, -0.25) is 24.2 Å². The normalized spacial score (nSPS) is 17.2. The number of ether oxygens (including phenoxy) is 1. The first-order chi connectivity index (χ1) is 26.6. The number of guanidine groups is 1. The Labute approximate surface area is 327 Å². The van der Waals surface area contributed by atoms with E-state index in [2.05, 4.69) is 26.3 Å². The highest BCUT2D eigenvalue weighted by atomic mass is 16.6. The van der Waals surface area contributed by atoms with E-state index in [0.29, 0.717) is 18.4 Å². The molecule has 4 rings (SSSR count). The summed E-state index contributed by atoms with van der Waals surface area (Å²) in [5, 5.41) is 20.8. The minimum Gasteiger partial charge on any atom is -0.480 e. The second kappa shape index (κ2) is 20.3. The number of nitrogens with zero attached hydrogens (tertiary/aromatic N) is 2. The zero-order valence-corrected chi connectivity index (χ0v) is 32.4. The van der Waals surface area contributed by atoms with Gasteiger partial charge in [-0.25, -0.2) is 9.59 Å². The number of aliphatic imine (C=N–C) groups is 1. The summed E-state index contributed by atoms with van der Waals surface area (Å²) in [6.45, 7) is 4.85. The highest BCUT2D eigenvalue weighted by Gasteiger charge is 2.40. The molecule has 9 N–H and O–H groups in total. The predicted molar refractivity (Wildman–Crippen MR) is 209 cm³/mol. The van der Waals surface area contributed by atoms with Crippen LogP contribution in [0.2, 0.25) is 0 Å². The Hall–Kier alpha value is -5.67. The van der Waals surface area contributed by atoms with E-state index in [0.717, 1.165) is 30.4 Å². The van der Waals surface area contributed by atoms with Gasteiger partial charge in [0.2, 0.25) is 23.6 Å². The number of rotatable bonds is 16. The lowest BCUT2D eigenvalue weighted by molar-refractivity contribution is -0.147. The molecule has 0 bridgehead atoms. The van der Waals surface area contributed by atoms with Crippen molar-refractivity contribution in [2.75, 3.05) is 13.1 Å². The fourth-order valence-corrected chi connectivity index (χ4v) is 7.09. The van der Waals surface area contributed by atoms with Crippen LogP contribution in [0.5, 0.6) is 0 Å². The molecule has 1 saturated carbocycles. The fourth-order valence-electron chi connectivity index (χ4n) is 7.09. The Morgan fingerprint density at radius 3 is 2.20 bits per heavy atom. The predicted octanol–water partition coefficient (Wildman–Crippen LogP) is 1.88. The molecule has 0 spiro atoms. The summed E-state index contributed by atoms with van der Waals surface area (Å²) in [6, 6.07) is 11.7. The Balaban J connectivity index is 1.59. The Morgan fingerprint density at radius 2 is 1.55 bits per heavy atom. The molecule has 2 aliphatic rings. The molecule has 2 aromatic rings. The molecule has 0 aromatic heterocycles. The third-order valence-corrected chi connectivity index (χ3v) is 9.80. The number of benzene rings is 2. The third kappa shape index (κ3) is 13.3. The van der Waals surface area contributed by atoms with Gasteiger partial charge in [0, 0.05) is 25.9 Å². The van der Waals surface area contributed by atoms with Crippen LogP contribution in [0.4, 0.5) is 4.79 Å². The maximum absolute atomic E-state index is 14.7. The van der Waals surface area contributed by atoms with Crippen molar-refractivity contribution in [3.8, 4) is 0 Å². The summed E-state index contributed by atoms with van der Waals surface area (Å²) in [7, 11) is 0. The molecule has 2 aromatic carbocycles. The number of hydrogen-bond donors (Lipinski definition) is 7. The molecule has 0 radical (unpaired) electrons. The first-order valence-corrected chi connectivity index (χ1v) is 19.2. The zero-order chi connectivity index (χ0) is 40.8. The second-order valence-corrected chi connectivity index (χ2v) is 15.4. The van der Waals surface area contributed by atoms with Crippen LogP contribution < -0.4 is 32.7 Å². The lowest BCUT2D eigenvalue weighted by Gasteiger charge is -2.39.